The molecule has 3 heterocycles. The molecule has 176 valence electrons. The number of aliphatic hydroxyl groups is 1. The Balaban J connectivity index is 1.40. The number of thiazole rings is 1. The van der Waals surface area contributed by atoms with Gasteiger partial charge >= 0.3 is 11.1 Å². The summed E-state index contributed by atoms with van der Waals surface area (Å²) in [5.74, 6) is -4.41. The minimum Gasteiger partial charge on any atom is -0.388 e. The Hall–Kier alpha value is -2.54. The van der Waals surface area contributed by atoms with Crippen molar-refractivity contribution in [2.45, 2.75) is 38.5 Å². The molecule has 1 unspecified atom stereocenters. The summed E-state index contributed by atoms with van der Waals surface area (Å²) in [5.41, 5.74) is -0.173. The lowest BCUT2D eigenvalue weighted by Gasteiger charge is -2.30. The first kappa shape index (κ1) is 23.6. The number of benzene rings is 1. The largest absolute Gasteiger partial charge is 0.388 e. The fraction of sp³-hybridized carbons (Fsp3) is 0.400. The summed E-state index contributed by atoms with van der Waals surface area (Å²) >= 11 is 7.23. The SMILES string of the molecule is CC(O)(CCN1CCc2nc(-c3cc(F)c(F)c(F)c3)sc2C1)Cn1cc([N+](=O)[O-])nc1Cl. The first-order valence-corrected chi connectivity index (χ1v) is 11.2. The molecular weight excluding hydrogens is 483 g/mol. The minimum absolute atomic E-state index is 0.0398. The third-order valence-electron chi connectivity index (χ3n) is 5.42. The molecular formula is C20H19ClF3N5O3S. The molecule has 0 saturated carbocycles. The molecule has 1 aliphatic rings. The topological polar surface area (TPSA) is 97.3 Å². The highest BCUT2D eigenvalue weighted by Crippen LogP contribution is 2.33. The zero-order valence-electron chi connectivity index (χ0n) is 17.4. The normalized spacial score (nSPS) is 15.9. The van der Waals surface area contributed by atoms with Crippen molar-refractivity contribution in [2.24, 2.45) is 0 Å². The van der Waals surface area contributed by atoms with Crippen LogP contribution >= 0.6 is 22.9 Å². The van der Waals surface area contributed by atoms with Crippen LogP contribution in [0.3, 0.4) is 0 Å². The Morgan fingerprint density at radius 1 is 1.30 bits per heavy atom. The number of hydrogen-bond acceptors (Lipinski definition) is 7. The van der Waals surface area contributed by atoms with Gasteiger partial charge < -0.3 is 15.2 Å². The fourth-order valence-electron chi connectivity index (χ4n) is 3.67. The Bertz CT molecular complexity index is 1190. The molecule has 13 heteroatoms. The molecule has 2 aromatic heterocycles. The van der Waals surface area contributed by atoms with Gasteiger partial charge in [-0.05, 0) is 47.0 Å². The molecule has 1 N–H and O–H groups in total. The monoisotopic (exact) mass is 501 g/mol. The van der Waals surface area contributed by atoms with Crippen molar-refractivity contribution in [1.82, 2.24) is 19.4 Å². The summed E-state index contributed by atoms with van der Waals surface area (Å²) < 4.78 is 41.8. The van der Waals surface area contributed by atoms with Crippen molar-refractivity contribution in [2.75, 3.05) is 13.1 Å². The highest BCUT2D eigenvalue weighted by Gasteiger charge is 2.28. The van der Waals surface area contributed by atoms with E-state index in [-0.39, 0.29) is 23.2 Å². The Morgan fingerprint density at radius 2 is 2.00 bits per heavy atom. The fourth-order valence-corrected chi connectivity index (χ4v) is 5.00. The third kappa shape index (κ3) is 5.18. The second-order valence-corrected chi connectivity index (χ2v) is 9.59. The first-order valence-electron chi connectivity index (χ1n) is 9.98. The average Bonchev–Trinajstić information content (AvgIpc) is 3.33. The first-order chi connectivity index (χ1) is 15.5. The molecule has 1 aromatic carbocycles. The lowest BCUT2D eigenvalue weighted by atomic mass is 10.0. The van der Waals surface area contributed by atoms with Gasteiger partial charge in [-0.15, -0.1) is 11.3 Å². The third-order valence-corrected chi connectivity index (χ3v) is 6.85. The van der Waals surface area contributed by atoms with E-state index in [1.54, 1.807) is 6.92 Å². The van der Waals surface area contributed by atoms with Gasteiger partial charge in [0, 0.05) is 36.5 Å². The molecule has 0 amide bonds. The van der Waals surface area contributed by atoms with Gasteiger partial charge in [-0.2, -0.15) is 0 Å². The average molecular weight is 502 g/mol. The summed E-state index contributed by atoms with van der Waals surface area (Å²) in [4.78, 5) is 21.4. The lowest BCUT2D eigenvalue weighted by Crippen LogP contribution is -2.38. The molecule has 0 spiro atoms. The van der Waals surface area contributed by atoms with Gasteiger partial charge in [-0.25, -0.2) is 18.2 Å². The lowest BCUT2D eigenvalue weighted by molar-refractivity contribution is -0.389. The summed E-state index contributed by atoms with van der Waals surface area (Å²) in [7, 11) is 0. The van der Waals surface area contributed by atoms with Gasteiger partial charge in [0.2, 0.25) is 0 Å². The van der Waals surface area contributed by atoms with Crippen LogP contribution in [0, 0.1) is 27.6 Å². The van der Waals surface area contributed by atoms with Crippen LogP contribution in [0.5, 0.6) is 0 Å². The van der Waals surface area contributed by atoms with Crippen molar-refractivity contribution in [3.8, 4) is 10.6 Å². The molecule has 33 heavy (non-hydrogen) atoms. The number of fused-ring (bicyclic) bond motifs is 1. The Morgan fingerprint density at radius 3 is 2.64 bits per heavy atom. The van der Waals surface area contributed by atoms with E-state index in [1.165, 1.54) is 22.1 Å². The van der Waals surface area contributed by atoms with Crippen molar-refractivity contribution in [1.29, 1.82) is 0 Å². The highest BCUT2D eigenvalue weighted by atomic mass is 35.5. The van der Waals surface area contributed by atoms with E-state index >= 15 is 0 Å². The van der Waals surface area contributed by atoms with E-state index in [4.69, 9.17) is 11.6 Å². The quantitative estimate of drug-likeness (QED) is 0.296. The van der Waals surface area contributed by atoms with E-state index in [2.05, 4.69) is 14.9 Å². The molecule has 1 atom stereocenters. The highest BCUT2D eigenvalue weighted by molar-refractivity contribution is 7.15. The van der Waals surface area contributed by atoms with Crippen LogP contribution in [0.4, 0.5) is 19.0 Å². The number of imidazole rings is 1. The molecule has 0 fully saturated rings. The maximum Gasteiger partial charge on any atom is 0.383 e. The molecule has 0 aliphatic carbocycles. The van der Waals surface area contributed by atoms with Crippen LogP contribution in [0.2, 0.25) is 5.28 Å². The molecule has 8 nitrogen and oxygen atoms in total. The molecule has 4 rings (SSSR count). The number of aromatic nitrogens is 3. The van der Waals surface area contributed by atoms with Gasteiger partial charge in [0.1, 0.15) is 11.2 Å². The molecule has 1 aliphatic heterocycles. The number of halogens is 4. The van der Waals surface area contributed by atoms with Crippen LogP contribution in [0.25, 0.3) is 10.6 Å². The number of rotatable bonds is 7. The Kier molecular flexibility index (Phi) is 6.45. The van der Waals surface area contributed by atoms with E-state index in [0.717, 1.165) is 22.7 Å². The summed E-state index contributed by atoms with van der Waals surface area (Å²) in [6.45, 7) is 3.42. The predicted molar refractivity (Wildman–Crippen MR) is 116 cm³/mol. The number of nitro groups is 1. The van der Waals surface area contributed by atoms with Crippen LogP contribution < -0.4 is 0 Å². The van der Waals surface area contributed by atoms with Gasteiger partial charge in [0.15, 0.2) is 17.5 Å². The Labute approximate surface area is 195 Å². The van der Waals surface area contributed by atoms with Gasteiger partial charge in [0.25, 0.3) is 0 Å². The molecule has 0 radical (unpaired) electrons. The minimum atomic E-state index is -1.51. The van der Waals surface area contributed by atoms with E-state index < -0.39 is 28.0 Å². The van der Waals surface area contributed by atoms with Gasteiger partial charge in [-0.1, -0.05) is 0 Å². The van der Waals surface area contributed by atoms with Crippen molar-refractivity contribution >= 4 is 28.8 Å². The van der Waals surface area contributed by atoms with Crippen molar-refractivity contribution in [3.05, 3.63) is 61.8 Å². The van der Waals surface area contributed by atoms with Gasteiger partial charge in [0.05, 0.1) is 17.8 Å². The van der Waals surface area contributed by atoms with Crippen LogP contribution in [0.15, 0.2) is 18.3 Å². The number of hydrogen-bond donors (Lipinski definition) is 1. The second-order valence-electron chi connectivity index (χ2n) is 8.17. The summed E-state index contributed by atoms with van der Waals surface area (Å²) in [6, 6.07) is 1.87. The molecule has 3 aromatic rings. The number of nitrogens with zero attached hydrogens (tertiary/aromatic N) is 5. The van der Waals surface area contributed by atoms with Crippen molar-refractivity contribution < 1.29 is 23.2 Å². The molecule has 0 saturated heterocycles. The summed E-state index contributed by atoms with van der Waals surface area (Å²) in [5, 5.41) is 22.0. The smallest absolute Gasteiger partial charge is 0.383 e. The zero-order chi connectivity index (χ0) is 23.9. The predicted octanol–water partition coefficient (Wildman–Crippen LogP) is 4.18. The van der Waals surface area contributed by atoms with Crippen molar-refractivity contribution in [3.63, 3.8) is 0 Å². The summed E-state index contributed by atoms with van der Waals surface area (Å²) in [6.07, 6.45) is 2.17. The van der Waals surface area contributed by atoms with Gasteiger partial charge in [-0.3, -0.25) is 9.47 Å². The molecule has 0 bridgehead atoms. The van der Waals surface area contributed by atoms with Crippen LogP contribution in [-0.4, -0.2) is 48.2 Å². The second kappa shape index (κ2) is 9.01. The van der Waals surface area contributed by atoms with E-state index in [0.29, 0.717) is 37.5 Å². The van der Waals surface area contributed by atoms with E-state index in [9.17, 15) is 28.4 Å². The standard InChI is InChI=1S/C20H19ClF3N5O3S/c1-20(30,10-28-9-16(29(31)32)26-19(28)21)3-5-27-4-2-14-15(8-27)33-18(25-14)11-6-12(22)17(24)13(23)7-11/h6-7,9,30H,2-5,8,10H2,1H3. The zero-order valence-corrected chi connectivity index (χ0v) is 19.0. The van der Waals surface area contributed by atoms with Crippen LogP contribution in [0.1, 0.15) is 23.9 Å². The maximum atomic E-state index is 13.6. The van der Waals surface area contributed by atoms with E-state index in [1.807, 2.05) is 0 Å². The maximum absolute atomic E-state index is 13.6. The van der Waals surface area contributed by atoms with Crippen LogP contribution in [-0.2, 0) is 19.5 Å².